The molecule has 2 aliphatic heterocycles. The number of carbonyl (C=O) groups excluding carboxylic acids is 1. The third kappa shape index (κ3) is 3.75. The van der Waals surface area contributed by atoms with Crippen LogP contribution < -0.4 is 4.90 Å². The molecule has 0 radical (unpaired) electrons. The van der Waals surface area contributed by atoms with Crippen LogP contribution in [0.2, 0.25) is 0 Å². The van der Waals surface area contributed by atoms with Crippen LogP contribution >= 0.6 is 27.3 Å². The normalized spacial score (nSPS) is 18.3. The van der Waals surface area contributed by atoms with E-state index in [0.717, 1.165) is 55.7 Å². The van der Waals surface area contributed by atoms with Gasteiger partial charge in [0.2, 0.25) is 5.91 Å². The van der Waals surface area contributed by atoms with Crippen molar-refractivity contribution in [1.82, 2.24) is 9.88 Å². The molecule has 2 aromatic rings. The maximum atomic E-state index is 12.7. The minimum absolute atomic E-state index is 0.328. The number of halogens is 1. The number of hydrogen-bond donors (Lipinski definition) is 0. The van der Waals surface area contributed by atoms with Crippen molar-refractivity contribution >= 4 is 39.0 Å². The molecule has 2 aliphatic rings. The molecule has 0 atom stereocenters. The molecule has 1 amide bonds. The van der Waals surface area contributed by atoms with Crippen LogP contribution in [0.5, 0.6) is 0 Å². The number of nitrogens with zero attached hydrogens (tertiary/aromatic N) is 3. The molecular weight excluding hydrogens is 398 g/mol. The molecule has 4 heterocycles. The van der Waals surface area contributed by atoms with Crippen molar-refractivity contribution in [1.29, 1.82) is 0 Å². The van der Waals surface area contributed by atoms with Gasteiger partial charge in [-0.2, -0.15) is 0 Å². The molecule has 2 aromatic heterocycles. The molecule has 4 nitrogen and oxygen atoms in total. The van der Waals surface area contributed by atoms with Crippen molar-refractivity contribution < 1.29 is 4.79 Å². The highest BCUT2D eigenvalue weighted by atomic mass is 79.9. The van der Waals surface area contributed by atoms with E-state index in [1.165, 1.54) is 10.4 Å². The first kappa shape index (κ1) is 17.0. The summed E-state index contributed by atoms with van der Waals surface area (Å²) in [7, 11) is 0. The monoisotopic (exact) mass is 419 g/mol. The number of carbonyl (C=O) groups is 1. The van der Waals surface area contributed by atoms with E-state index in [1.54, 1.807) is 0 Å². The molecule has 1 fully saturated rings. The lowest BCUT2D eigenvalue weighted by Crippen LogP contribution is -2.39. The highest BCUT2D eigenvalue weighted by Gasteiger charge is 2.27. The fourth-order valence-electron chi connectivity index (χ4n) is 3.80. The molecule has 1 saturated heterocycles. The Kier molecular flexibility index (Phi) is 5.08. The van der Waals surface area contributed by atoms with Gasteiger partial charge in [-0.15, -0.1) is 11.3 Å². The van der Waals surface area contributed by atoms with Crippen LogP contribution in [0.25, 0.3) is 0 Å². The van der Waals surface area contributed by atoms with Gasteiger partial charge in [0, 0.05) is 43.7 Å². The van der Waals surface area contributed by atoms with Gasteiger partial charge in [0.25, 0.3) is 0 Å². The molecular formula is C19H22BrN3OS. The molecule has 0 aromatic carbocycles. The Labute approximate surface area is 161 Å². The molecule has 0 bridgehead atoms. The van der Waals surface area contributed by atoms with E-state index in [0.29, 0.717) is 18.2 Å². The van der Waals surface area contributed by atoms with Gasteiger partial charge in [0.05, 0.1) is 4.47 Å². The van der Waals surface area contributed by atoms with Crippen molar-refractivity contribution in [2.45, 2.75) is 32.2 Å². The van der Waals surface area contributed by atoms with Gasteiger partial charge in [-0.3, -0.25) is 4.79 Å². The predicted molar refractivity (Wildman–Crippen MR) is 105 cm³/mol. The maximum absolute atomic E-state index is 12.7. The molecule has 0 saturated carbocycles. The van der Waals surface area contributed by atoms with Gasteiger partial charge < -0.3 is 9.80 Å². The third-order valence-corrected chi connectivity index (χ3v) is 6.92. The molecule has 4 rings (SSSR count). The minimum Gasteiger partial charge on any atom is -0.356 e. The summed E-state index contributed by atoms with van der Waals surface area (Å²) in [6.45, 7) is 3.63. The fraction of sp³-hybridized carbons (Fsp3) is 0.474. The average molecular weight is 420 g/mol. The number of rotatable bonds is 3. The molecule has 0 unspecified atom stereocenters. The zero-order valence-corrected chi connectivity index (χ0v) is 16.6. The largest absolute Gasteiger partial charge is 0.356 e. The van der Waals surface area contributed by atoms with Crippen LogP contribution in [0.4, 0.5) is 5.82 Å². The number of anilines is 1. The van der Waals surface area contributed by atoms with Crippen molar-refractivity contribution in [2.75, 3.05) is 24.5 Å². The van der Waals surface area contributed by atoms with E-state index >= 15 is 0 Å². The quantitative estimate of drug-likeness (QED) is 0.751. The summed E-state index contributed by atoms with van der Waals surface area (Å²) in [5.41, 5.74) is 1.35. The molecule has 0 N–H and O–H groups in total. The van der Waals surface area contributed by atoms with Gasteiger partial charge in [0.15, 0.2) is 0 Å². The van der Waals surface area contributed by atoms with Gasteiger partial charge in [0.1, 0.15) is 5.82 Å². The van der Waals surface area contributed by atoms with Crippen LogP contribution in [0.15, 0.2) is 34.2 Å². The van der Waals surface area contributed by atoms with Crippen molar-refractivity contribution in [3.05, 3.63) is 44.7 Å². The lowest BCUT2D eigenvalue weighted by atomic mass is 9.92. The van der Waals surface area contributed by atoms with Crippen LogP contribution in [-0.2, 0) is 17.8 Å². The topological polar surface area (TPSA) is 36.4 Å². The van der Waals surface area contributed by atoms with E-state index in [-0.39, 0.29) is 0 Å². The van der Waals surface area contributed by atoms with E-state index in [2.05, 4.69) is 42.2 Å². The first-order valence-electron chi connectivity index (χ1n) is 8.89. The van der Waals surface area contributed by atoms with E-state index < -0.39 is 0 Å². The average Bonchev–Trinajstić information content (AvgIpc) is 3.10. The highest BCUT2D eigenvalue weighted by Crippen LogP contribution is 2.30. The minimum atomic E-state index is 0.328. The number of aromatic nitrogens is 1. The summed E-state index contributed by atoms with van der Waals surface area (Å²) in [5, 5.41) is 2.14. The molecule has 0 spiro atoms. The Morgan fingerprint density at radius 3 is 2.92 bits per heavy atom. The number of piperidine rings is 1. The summed E-state index contributed by atoms with van der Waals surface area (Å²) in [6.07, 6.45) is 5.67. The second-order valence-corrected chi connectivity index (χ2v) is 8.73. The van der Waals surface area contributed by atoms with Crippen molar-refractivity contribution in [3.8, 4) is 0 Å². The van der Waals surface area contributed by atoms with Crippen LogP contribution in [-0.4, -0.2) is 35.4 Å². The Morgan fingerprint density at radius 2 is 2.12 bits per heavy atom. The zero-order valence-electron chi connectivity index (χ0n) is 14.2. The SMILES string of the molecule is O=C(CC1CCN(c2ncccc2Br)CC1)N1CCc2sccc2C1. The number of hydrogen-bond acceptors (Lipinski definition) is 4. The number of pyridine rings is 1. The van der Waals surface area contributed by atoms with E-state index in [9.17, 15) is 4.79 Å². The van der Waals surface area contributed by atoms with Crippen LogP contribution in [0.3, 0.4) is 0 Å². The lowest BCUT2D eigenvalue weighted by molar-refractivity contribution is -0.133. The van der Waals surface area contributed by atoms with Gasteiger partial charge >= 0.3 is 0 Å². The second-order valence-electron chi connectivity index (χ2n) is 6.88. The Balaban J connectivity index is 1.30. The fourth-order valence-corrected chi connectivity index (χ4v) is 5.19. The van der Waals surface area contributed by atoms with E-state index in [1.807, 2.05) is 29.7 Å². The van der Waals surface area contributed by atoms with Crippen LogP contribution in [0, 0.1) is 5.92 Å². The Hall–Kier alpha value is -1.40. The predicted octanol–water partition coefficient (Wildman–Crippen LogP) is 4.10. The highest BCUT2D eigenvalue weighted by molar-refractivity contribution is 9.10. The summed E-state index contributed by atoms with van der Waals surface area (Å²) >= 11 is 5.41. The van der Waals surface area contributed by atoms with E-state index in [4.69, 9.17) is 0 Å². The summed E-state index contributed by atoms with van der Waals surface area (Å²) < 4.78 is 1.05. The molecule has 6 heteroatoms. The standard InChI is InChI=1S/C19H22BrN3OS/c20-16-2-1-7-21-19(16)22-8-3-14(4-9-22)12-18(24)23-10-5-17-15(13-23)6-11-25-17/h1-2,6-7,11,14H,3-5,8-10,12-13H2. The van der Waals surface area contributed by atoms with Gasteiger partial charge in [-0.05, 0) is 70.3 Å². The van der Waals surface area contributed by atoms with Crippen molar-refractivity contribution in [2.24, 2.45) is 5.92 Å². The third-order valence-electron chi connectivity index (χ3n) is 5.28. The molecule has 0 aliphatic carbocycles. The maximum Gasteiger partial charge on any atom is 0.223 e. The number of fused-ring (bicyclic) bond motifs is 1. The van der Waals surface area contributed by atoms with Crippen LogP contribution in [0.1, 0.15) is 29.7 Å². The first-order chi connectivity index (χ1) is 12.2. The van der Waals surface area contributed by atoms with Crippen molar-refractivity contribution in [3.63, 3.8) is 0 Å². The molecule has 132 valence electrons. The summed E-state index contributed by atoms with van der Waals surface area (Å²) in [5.74, 6) is 1.85. The molecule has 25 heavy (non-hydrogen) atoms. The van der Waals surface area contributed by atoms with Gasteiger partial charge in [-0.1, -0.05) is 0 Å². The number of thiophene rings is 1. The smallest absolute Gasteiger partial charge is 0.223 e. The summed E-state index contributed by atoms with van der Waals surface area (Å²) in [6, 6.07) is 6.15. The van der Waals surface area contributed by atoms with Gasteiger partial charge in [-0.25, -0.2) is 4.98 Å². The number of amides is 1. The second kappa shape index (κ2) is 7.46. The first-order valence-corrected chi connectivity index (χ1v) is 10.6. The Bertz CT molecular complexity index is 755. The zero-order chi connectivity index (χ0) is 17.2. The summed E-state index contributed by atoms with van der Waals surface area (Å²) in [4.78, 5) is 23.0. The Morgan fingerprint density at radius 1 is 1.28 bits per heavy atom. The lowest BCUT2D eigenvalue weighted by Gasteiger charge is -2.34.